The van der Waals surface area contributed by atoms with Crippen molar-refractivity contribution in [2.45, 2.75) is 76.4 Å². The molecule has 3 unspecified atom stereocenters. The summed E-state index contributed by atoms with van der Waals surface area (Å²) in [5.41, 5.74) is 6.35. The van der Waals surface area contributed by atoms with Gasteiger partial charge in [-0.05, 0) is 56.8 Å². The van der Waals surface area contributed by atoms with E-state index in [9.17, 15) is 14.0 Å². The van der Waals surface area contributed by atoms with Crippen LogP contribution in [0.3, 0.4) is 0 Å². The predicted octanol–water partition coefficient (Wildman–Crippen LogP) is 4.32. The maximum atomic E-state index is 14.3. The number of β-lactam (4-membered cyclic amide) rings is 1. The molecule has 1 aliphatic heterocycles. The maximum absolute atomic E-state index is 14.3. The van der Waals surface area contributed by atoms with Gasteiger partial charge >= 0.3 is 0 Å². The van der Waals surface area contributed by atoms with E-state index in [-0.39, 0.29) is 11.3 Å². The van der Waals surface area contributed by atoms with Gasteiger partial charge in [-0.25, -0.2) is 4.39 Å². The van der Waals surface area contributed by atoms with Crippen LogP contribution in [0.5, 0.6) is 0 Å². The van der Waals surface area contributed by atoms with Gasteiger partial charge < -0.3 is 10.6 Å². The number of nitrogens with two attached hydrogens (primary N) is 1. The molecule has 2 N–H and O–H groups in total. The minimum absolute atomic E-state index is 0.0153. The number of amides is 2. The number of nitrogens with zero attached hydrogens (tertiary/aromatic N) is 1. The Kier molecular flexibility index (Phi) is 8.35. The smallest absolute Gasteiger partial charge is 0.240 e. The van der Waals surface area contributed by atoms with Crippen molar-refractivity contribution in [1.29, 1.82) is 0 Å². The Labute approximate surface area is 172 Å². The zero-order valence-corrected chi connectivity index (χ0v) is 18.0. The molecule has 0 saturated carbocycles. The van der Waals surface area contributed by atoms with Gasteiger partial charge in [0.25, 0.3) is 0 Å². The summed E-state index contributed by atoms with van der Waals surface area (Å²) in [6.45, 7) is 4.03. The number of carbonyl (C=O) groups is 2. The number of alkyl halides is 1. The van der Waals surface area contributed by atoms with Crippen LogP contribution in [-0.4, -0.2) is 40.6 Å². The van der Waals surface area contributed by atoms with Crippen molar-refractivity contribution in [1.82, 2.24) is 4.90 Å². The summed E-state index contributed by atoms with van der Waals surface area (Å²) in [7, 11) is 0. The fourth-order valence-electron chi connectivity index (χ4n) is 4.28. The molecule has 1 aliphatic rings. The van der Waals surface area contributed by atoms with Gasteiger partial charge in [-0.15, -0.1) is 11.8 Å². The van der Waals surface area contributed by atoms with Crippen LogP contribution in [-0.2, 0) is 16.0 Å². The van der Waals surface area contributed by atoms with Crippen LogP contribution in [0.2, 0.25) is 0 Å². The summed E-state index contributed by atoms with van der Waals surface area (Å²) in [5, 5.41) is -0.0354. The Hall–Kier alpha value is -1.56. The van der Waals surface area contributed by atoms with Crippen molar-refractivity contribution in [2.24, 2.45) is 11.1 Å². The number of thioether (sulfide) groups is 1. The van der Waals surface area contributed by atoms with E-state index in [0.29, 0.717) is 32.1 Å². The minimum Gasteiger partial charge on any atom is -0.368 e. The molecule has 0 radical (unpaired) electrons. The maximum Gasteiger partial charge on any atom is 0.240 e. The SMILES string of the molecule is CCC1(CC)C(=O)N(C(CCCC(F)CCc2ccccc2)C(N)=O)C1SC. The average Bonchev–Trinajstić information content (AvgIpc) is 2.70. The number of benzene rings is 1. The third kappa shape index (κ3) is 4.70. The highest BCUT2D eigenvalue weighted by atomic mass is 32.2. The number of carbonyl (C=O) groups excluding carboxylic acids is 2. The van der Waals surface area contributed by atoms with E-state index in [1.165, 1.54) is 0 Å². The van der Waals surface area contributed by atoms with Crippen molar-refractivity contribution in [3.8, 4) is 0 Å². The molecule has 4 nitrogen and oxygen atoms in total. The first-order chi connectivity index (χ1) is 13.4. The third-order valence-electron chi connectivity index (χ3n) is 6.12. The lowest BCUT2D eigenvalue weighted by Gasteiger charge is -2.57. The molecule has 1 aromatic carbocycles. The fraction of sp³-hybridized carbons (Fsp3) is 0.636. The third-order valence-corrected chi connectivity index (χ3v) is 7.24. The molecule has 0 aliphatic carbocycles. The van der Waals surface area contributed by atoms with Gasteiger partial charge in [0.1, 0.15) is 12.2 Å². The van der Waals surface area contributed by atoms with E-state index in [0.717, 1.165) is 18.4 Å². The van der Waals surface area contributed by atoms with Crippen LogP contribution in [0.4, 0.5) is 4.39 Å². The van der Waals surface area contributed by atoms with Gasteiger partial charge in [-0.1, -0.05) is 44.2 Å². The zero-order valence-electron chi connectivity index (χ0n) is 17.2. The van der Waals surface area contributed by atoms with Gasteiger partial charge in [-0.3, -0.25) is 9.59 Å². The molecule has 156 valence electrons. The summed E-state index contributed by atoms with van der Waals surface area (Å²) in [4.78, 5) is 26.5. The van der Waals surface area contributed by atoms with Gasteiger partial charge in [0.15, 0.2) is 0 Å². The molecule has 1 heterocycles. The first kappa shape index (κ1) is 22.7. The fourth-order valence-corrected chi connectivity index (χ4v) is 5.63. The largest absolute Gasteiger partial charge is 0.368 e. The Morgan fingerprint density at radius 1 is 1.21 bits per heavy atom. The lowest BCUT2D eigenvalue weighted by atomic mass is 9.72. The topological polar surface area (TPSA) is 63.4 Å². The molecule has 3 atom stereocenters. The minimum atomic E-state index is -0.914. The van der Waals surface area contributed by atoms with Gasteiger partial charge in [0.05, 0.1) is 10.8 Å². The summed E-state index contributed by atoms with van der Waals surface area (Å²) >= 11 is 1.59. The zero-order chi connectivity index (χ0) is 20.7. The average molecular weight is 409 g/mol. The van der Waals surface area contributed by atoms with Crippen LogP contribution in [0.15, 0.2) is 30.3 Å². The van der Waals surface area contributed by atoms with Gasteiger partial charge in [0, 0.05) is 0 Å². The molecule has 2 amide bonds. The first-order valence-electron chi connectivity index (χ1n) is 10.2. The van der Waals surface area contributed by atoms with Crippen molar-refractivity contribution < 1.29 is 14.0 Å². The van der Waals surface area contributed by atoms with E-state index < -0.39 is 23.5 Å². The standard InChI is InChI=1S/C22H33FN2O2S/c1-4-22(5-2)20(27)25(21(22)28-3)18(19(24)26)13-9-12-17(23)15-14-16-10-7-6-8-11-16/h6-8,10-11,17-18,21H,4-5,9,12-15H2,1-3H3,(H2,24,26). The number of aryl methyl sites for hydroxylation is 1. The normalized spacial score (nSPS) is 20.5. The lowest BCUT2D eigenvalue weighted by molar-refractivity contribution is -0.172. The van der Waals surface area contributed by atoms with E-state index >= 15 is 0 Å². The number of primary amides is 1. The van der Waals surface area contributed by atoms with Crippen molar-refractivity contribution in [3.05, 3.63) is 35.9 Å². The Bertz CT molecular complexity index is 651. The van der Waals surface area contributed by atoms with Crippen LogP contribution in [0.25, 0.3) is 0 Å². The Balaban J connectivity index is 1.88. The highest BCUT2D eigenvalue weighted by molar-refractivity contribution is 7.99. The van der Waals surface area contributed by atoms with E-state index in [1.807, 2.05) is 50.4 Å². The first-order valence-corrected chi connectivity index (χ1v) is 11.5. The van der Waals surface area contributed by atoms with Crippen LogP contribution in [0, 0.1) is 5.41 Å². The summed E-state index contributed by atoms with van der Waals surface area (Å²) in [6.07, 6.45) is 5.07. The number of hydrogen-bond acceptors (Lipinski definition) is 3. The van der Waals surface area contributed by atoms with Gasteiger partial charge in [0.2, 0.25) is 11.8 Å². The van der Waals surface area contributed by atoms with Crippen LogP contribution in [0.1, 0.15) is 57.9 Å². The molecular weight excluding hydrogens is 375 g/mol. The molecular formula is C22H33FN2O2S. The van der Waals surface area contributed by atoms with E-state index in [2.05, 4.69) is 0 Å². The summed E-state index contributed by atoms with van der Waals surface area (Å²) in [6, 6.07) is 9.23. The Morgan fingerprint density at radius 3 is 2.39 bits per heavy atom. The molecule has 0 aromatic heterocycles. The highest BCUT2D eigenvalue weighted by Crippen LogP contribution is 2.50. The molecule has 2 rings (SSSR count). The molecule has 0 bridgehead atoms. The quantitative estimate of drug-likeness (QED) is 0.524. The van der Waals surface area contributed by atoms with Crippen molar-refractivity contribution in [2.75, 3.05) is 6.26 Å². The van der Waals surface area contributed by atoms with Crippen molar-refractivity contribution >= 4 is 23.6 Å². The molecule has 1 fully saturated rings. The summed E-state index contributed by atoms with van der Waals surface area (Å²) < 4.78 is 14.3. The molecule has 6 heteroatoms. The van der Waals surface area contributed by atoms with Crippen LogP contribution >= 0.6 is 11.8 Å². The Morgan fingerprint density at radius 2 is 1.86 bits per heavy atom. The monoisotopic (exact) mass is 408 g/mol. The number of halogens is 1. The lowest BCUT2D eigenvalue weighted by Crippen LogP contribution is -2.71. The van der Waals surface area contributed by atoms with Gasteiger partial charge in [-0.2, -0.15) is 0 Å². The molecule has 28 heavy (non-hydrogen) atoms. The number of rotatable bonds is 12. The molecule has 1 saturated heterocycles. The second kappa shape index (κ2) is 10.3. The predicted molar refractivity (Wildman–Crippen MR) is 114 cm³/mol. The highest BCUT2D eigenvalue weighted by Gasteiger charge is 2.60. The second-order valence-electron chi connectivity index (χ2n) is 7.63. The second-order valence-corrected chi connectivity index (χ2v) is 8.55. The molecule has 1 aromatic rings. The van der Waals surface area contributed by atoms with E-state index in [4.69, 9.17) is 5.73 Å². The van der Waals surface area contributed by atoms with E-state index in [1.54, 1.807) is 16.7 Å². The number of likely N-dealkylation sites (tertiary alicyclic amines) is 1. The summed E-state index contributed by atoms with van der Waals surface area (Å²) in [5.74, 6) is -0.477. The van der Waals surface area contributed by atoms with Crippen LogP contribution < -0.4 is 5.73 Å². The number of hydrogen-bond donors (Lipinski definition) is 1. The van der Waals surface area contributed by atoms with Crippen molar-refractivity contribution in [3.63, 3.8) is 0 Å². The molecule has 0 spiro atoms.